The molecule has 0 aliphatic heterocycles. The van der Waals surface area contributed by atoms with Gasteiger partial charge in [0.15, 0.2) is 9.84 Å². The van der Waals surface area contributed by atoms with Crippen molar-refractivity contribution < 1.29 is 18.3 Å². The summed E-state index contributed by atoms with van der Waals surface area (Å²) in [6, 6.07) is 6.33. The quantitative estimate of drug-likeness (QED) is 0.654. The fourth-order valence-corrected chi connectivity index (χ4v) is 1.76. The predicted octanol–water partition coefficient (Wildman–Crippen LogP) is 1.74. The first-order chi connectivity index (χ1) is 7.89. The second-order valence-electron chi connectivity index (χ2n) is 3.40. The lowest BCUT2D eigenvalue weighted by molar-refractivity contribution is -0.131. The molecule has 0 aromatic heterocycles. The van der Waals surface area contributed by atoms with Crippen LogP contribution in [-0.4, -0.2) is 25.7 Å². The molecule has 0 fully saturated rings. The Morgan fingerprint density at radius 3 is 2.24 bits per heavy atom. The van der Waals surface area contributed by atoms with E-state index in [2.05, 4.69) is 0 Å². The smallest absolute Gasteiger partial charge is 0.328 e. The first-order valence-electron chi connectivity index (χ1n) is 4.77. The Morgan fingerprint density at radius 2 is 1.76 bits per heavy atom. The third kappa shape index (κ3) is 4.65. The summed E-state index contributed by atoms with van der Waals surface area (Å²) in [4.78, 5) is 10.4. The van der Waals surface area contributed by atoms with E-state index in [1.54, 1.807) is 24.3 Å². The van der Waals surface area contributed by atoms with Gasteiger partial charge in [-0.15, -0.1) is 0 Å². The van der Waals surface area contributed by atoms with E-state index < -0.39 is 15.8 Å². The van der Waals surface area contributed by atoms with Gasteiger partial charge in [0.2, 0.25) is 0 Å². The van der Waals surface area contributed by atoms with E-state index >= 15 is 0 Å². The molecule has 0 atom stereocenters. The van der Waals surface area contributed by atoms with E-state index in [1.165, 1.54) is 18.2 Å². The fourth-order valence-electron chi connectivity index (χ4n) is 1.13. The molecule has 0 amide bonds. The van der Waals surface area contributed by atoms with Crippen LogP contribution in [0.15, 0.2) is 47.4 Å². The molecule has 0 unspecified atom stereocenters. The zero-order valence-corrected chi connectivity index (χ0v) is 10.0. The molecule has 0 saturated heterocycles. The average Bonchev–Trinajstić information content (AvgIpc) is 2.23. The fraction of sp³-hybridized carbons (Fsp3) is 0.0833. The Bertz CT molecular complexity index is 551. The Kier molecular flexibility index (Phi) is 4.23. The van der Waals surface area contributed by atoms with Crippen molar-refractivity contribution in [2.24, 2.45) is 0 Å². The summed E-state index contributed by atoms with van der Waals surface area (Å²) < 4.78 is 22.4. The van der Waals surface area contributed by atoms with Crippen molar-refractivity contribution in [1.82, 2.24) is 0 Å². The van der Waals surface area contributed by atoms with Crippen molar-refractivity contribution in [3.8, 4) is 0 Å². The Morgan fingerprint density at radius 1 is 1.18 bits per heavy atom. The lowest BCUT2D eigenvalue weighted by atomic mass is 10.2. The van der Waals surface area contributed by atoms with Gasteiger partial charge in [-0.3, -0.25) is 0 Å². The first-order valence-corrected chi connectivity index (χ1v) is 6.66. The van der Waals surface area contributed by atoms with Crippen LogP contribution in [-0.2, 0) is 14.6 Å². The van der Waals surface area contributed by atoms with Gasteiger partial charge < -0.3 is 5.11 Å². The molecule has 4 nitrogen and oxygen atoms in total. The van der Waals surface area contributed by atoms with E-state index in [1.807, 2.05) is 0 Å². The molecule has 0 aliphatic rings. The van der Waals surface area contributed by atoms with Gasteiger partial charge in [-0.25, -0.2) is 13.2 Å². The Balaban J connectivity index is 2.79. The average molecular weight is 252 g/mol. The van der Waals surface area contributed by atoms with E-state index in [0.717, 1.165) is 17.9 Å². The van der Waals surface area contributed by atoms with Crippen LogP contribution in [0.1, 0.15) is 5.56 Å². The van der Waals surface area contributed by atoms with Crippen LogP contribution in [0.4, 0.5) is 0 Å². The maximum absolute atomic E-state index is 11.2. The van der Waals surface area contributed by atoms with Crippen molar-refractivity contribution in [3.63, 3.8) is 0 Å². The third-order valence-electron chi connectivity index (χ3n) is 1.95. The van der Waals surface area contributed by atoms with Crippen LogP contribution in [0.25, 0.3) is 6.08 Å². The minimum Gasteiger partial charge on any atom is -0.478 e. The van der Waals surface area contributed by atoms with Gasteiger partial charge in [0.05, 0.1) is 4.90 Å². The van der Waals surface area contributed by atoms with E-state index in [0.29, 0.717) is 0 Å². The van der Waals surface area contributed by atoms with Gasteiger partial charge >= 0.3 is 5.97 Å². The summed E-state index contributed by atoms with van der Waals surface area (Å²) >= 11 is 0. The molecule has 1 aromatic rings. The topological polar surface area (TPSA) is 71.4 Å². The van der Waals surface area contributed by atoms with Crippen LogP contribution >= 0.6 is 0 Å². The highest BCUT2D eigenvalue weighted by atomic mass is 32.2. The lowest BCUT2D eigenvalue weighted by Gasteiger charge is -1.98. The lowest BCUT2D eigenvalue weighted by Crippen LogP contribution is -1.95. The first kappa shape index (κ1) is 13.2. The number of carbonyl (C=O) groups is 1. The highest BCUT2D eigenvalue weighted by Crippen LogP contribution is 2.11. The summed E-state index contributed by atoms with van der Waals surface area (Å²) in [5, 5.41) is 8.35. The minimum atomic E-state index is -3.17. The number of carboxylic acids is 1. The summed E-state index contributed by atoms with van der Waals surface area (Å²) in [5.74, 6) is -1.01. The van der Waals surface area contributed by atoms with Crippen molar-refractivity contribution in [2.45, 2.75) is 4.90 Å². The molecule has 5 heteroatoms. The number of allylic oxidation sites excluding steroid dienone is 2. The highest BCUT2D eigenvalue weighted by molar-refractivity contribution is 7.90. The molecule has 1 rings (SSSR count). The van der Waals surface area contributed by atoms with Crippen LogP contribution in [0.2, 0.25) is 0 Å². The van der Waals surface area contributed by atoms with E-state index in [4.69, 9.17) is 5.11 Å². The zero-order chi connectivity index (χ0) is 12.9. The van der Waals surface area contributed by atoms with Crippen molar-refractivity contribution in [3.05, 3.63) is 48.1 Å². The number of hydrogen-bond acceptors (Lipinski definition) is 3. The molecule has 0 bridgehead atoms. The number of sulfone groups is 1. The summed E-state index contributed by atoms with van der Waals surface area (Å²) in [7, 11) is -3.17. The third-order valence-corrected chi connectivity index (χ3v) is 3.08. The second-order valence-corrected chi connectivity index (χ2v) is 5.41. The largest absolute Gasteiger partial charge is 0.478 e. The molecular weight excluding hydrogens is 240 g/mol. The molecule has 0 heterocycles. The minimum absolute atomic E-state index is 0.260. The van der Waals surface area contributed by atoms with E-state index in [-0.39, 0.29) is 4.90 Å². The van der Waals surface area contributed by atoms with Crippen molar-refractivity contribution in [2.75, 3.05) is 6.26 Å². The van der Waals surface area contributed by atoms with Crippen molar-refractivity contribution >= 4 is 21.9 Å². The number of hydrogen-bond donors (Lipinski definition) is 1. The summed E-state index contributed by atoms with van der Waals surface area (Å²) in [6.45, 7) is 0. The van der Waals surface area contributed by atoms with Gasteiger partial charge in [-0.2, -0.15) is 0 Å². The van der Waals surface area contributed by atoms with Crippen LogP contribution in [0.3, 0.4) is 0 Å². The van der Waals surface area contributed by atoms with Gasteiger partial charge in [-0.05, 0) is 17.7 Å². The number of benzene rings is 1. The maximum atomic E-state index is 11.2. The van der Waals surface area contributed by atoms with Crippen LogP contribution in [0.5, 0.6) is 0 Å². The molecule has 1 aromatic carbocycles. The monoisotopic (exact) mass is 252 g/mol. The Labute approximate surface area is 99.8 Å². The van der Waals surface area contributed by atoms with Gasteiger partial charge in [0.1, 0.15) is 0 Å². The van der Waals surface area contributed by atoms with Gasteiger partial charge in [0.25, 0.3) is 0 Å². The van der Waals surface area contributed by atoms with Gasteiger partial charge in [-0.1, -0.05) is 30.4 Å². The van der Waals surface area contributed by atoms with E-state index in [9.17, 15) is 13.2 Å². The van der Waals surface area contributed by atoms with Crippen LogP contribution < -0.4 is 0 Å². The number of aliphatic carboxylic acids is 1. The molecule has 0 spiro atoms. The summed E-state index contributed by atoms with van der Waals surface area (Å²) in [5.41, 5.74) is 0.799. The van der Waals surface area contributed by atoms with Gasteiger partial charge in [0, 0.05) is 12.3 Å². The summed E-state index contributed by atoms with van der Waals surface area (Å²) in [6.07, 6.45) is 6.82. The normalized spacial score (nSPS) is 12.3. The number of carboxylic acid groups (broad SMARTS) is 1. The highest BCUT2D eigenvalue weighted by Gasteiger charge is 2.04. The van der Waals surface area contributed by atoms with Crippen molar-refractivity contribution in [1.29, 1.82) is 0 Å². The second kappa shape index (κ2) is 5.45. The SMILES string of the molecule is CS(=O)(=O)c1ccc(/C=C/C=C/C(=O)O)cc1. The molecule has 1 N–H and O–H groups in total. The molecule has 0 saturated carbocycles. The molecule has 90 valence electrons. The molecular formula is C12H12O4S. The standard InChI is InChI=1S/C12H12O4S/c1-17(15,16)11-8-6-10(7-9-11)4-2-3-5-12(13)14/h2-9H,1H3,(H,13,14)/b4-2+,5-3+. The van der Waals surface area contributed by atoms with Crippen LogP contribution in [0, 0.1) is 0 Å². The number of rotatable bonds is 4. The maximum Gasteiger partial charge on any atom is 0.328 e. The predicted molar refractivity (Wildman–Crippen MR) is 65.4 cm³/mol. The molecule has 17 heavy (non-hydrogen) atoms. The Hall–Kier alpha value is -1.88. The zero-order valence-electron chi connectivity index (χ0n) is 9.20. The molecule has 0 radical (unpaired) electrons. The molecule has 0 aliphatic carbocycles.